The van der Waals surface area contributed by atoms with Crippen LogP contribution in [-0.4, -0.2) is 18.1 Å². The summed E-state index contributed by atoms with van der Waals surface area (Å²) in [6.45, 7) is 2.29. The standard InChI is InChI=1S/C21H19N3S/c22-15-17(21-23-19-6-2-3-7-20(19)25-21)14-16-8-10-18(11-9-16)24-12-4-1-5-13-24/h2-3,6-11,14H,1,4-5,12-13H2. The number of aromatic nitrogens is 1. The number of hydrogen-bond donors (Lipinski definition) is 0. The molecular weight excluding hydrogens is 326 g/mol. The zero-order valence-electron chi connectivity index (χ0n) is 14.0. The van der Waals surface area contributed by atoms with E-state index in [1.165, 1.54) is 24.9 Å². The molecule has 0 amide bonds. The van der Waals surface area contributed by atoms with E-state index in [1.54, 1.807) is 11.3 Å². The molecule has 2 aromatic carbocycles. The van der Waals surface area contributed by atoms with Crippen LogP contribution < -0.4 is 4.90 Å². The molecule has 124 valence electrons. The SMILES string of the molecule is N#CC(=Cc1ccc(N2CCCCC2)cc1)c1nc2ccccc2s1. The fraction of sp³-hybridized carbons (Fsp3) is 0.238. The number of nitrogens with zero attached hydrogens (tertiary/aromatic N) is 3. The van der Waals surface area contributed by atoms with E-state index in [0.29, 0.717) is 5.57 Å². The largest absolute Gasteiger partial charge is 0.372 e. The Morgan fingerprint density at radius 3 is 2.52 bits per heavy atom. The summed E-state index contributed by atoms with van der Waals surface area (Å²) in [4.78, 5) is 7.03. The number of benzene rings is 2. The van der Waals surface area contributed by atoms with E-state index in [4.69, 9.17) is 0 Å². The number of rotatable bonds is 3. The first-order valence-electron chi connectivity index (χ1n) is 8.66. The third kappa shape index (κ3) is 3.42. The van der Waals surface area contributed by atoms with E-state index < -0.39 is 0 Å². The Morgan fingerprint density at radius 2 is 1.80 bits per heavy atom. The molecule has 3 nitrogen and oxygen atoms in total. The van der Waals surface area contributed by atoms with Gasteiger partial charge in [0, 0.05) is 18.8 Å². The summed E-state index contributed by atoms with van der Waals surface area (Å²) >= 11 is 1.56. The summed E-state index contributed by atoms with van der Waals surface area (Å²) in [7, 11) is 0. The molecular formula is C21H19N3S. The Kier molecular flexibility index (Phi) is 4.49. The molecule has 4 heteroatoms. The summed E-state index contributed by atoms with van der Waals surface area (Å²) in [5.74, 6) is 0. The number of para-hydroxylation sites is 1. The molecule has 0 aliphatic carbocycles. The molecule has 2 heterocycles. The van der Waals surface area contributed by atoms with Gasteiger partial charge in [-0.2, -0.15) is 5.26 Å². The van der Waals surface area contributed by atoms with E-state index in [9.17, 15) is 5.26 Å². The second-order valence-corrected chi connectivity index (χ2v) is 7.33. The molecule has 0 atom stereocenters. The molecule has 0 saturated carbocycles. The minimum atomic E-state index is 0.618. The minimum absolute atomic E-state index is 0.618. The lowest BCUT2D eigenvalue weighted by molar-refractivity contribution is 0.578. The first-order valence-corrected chi connectivity index (χ1v) is 9.48. The molecule has 0 bridgehead atoms. The first-order chi connectivity index (χ1) is 12.3. The number of anilines is 1. The second kappa shape index (κ2) is 7.08. The maximum atomic E-state index is 9.56. The molecule has 1 saturated heterocycles. The lowest BCUT2D eigenvalue weighted by Crippen LogP contribution is -2.29. The molecule has 1 aliphatic heterocycles. The number of nitriles is 1. The lowest BCUT2D eigenvalue weighted by Gasteiger charge is -2.28. The molecule has 1 fully saturated rings. The number of fused-ring (bicyclic) bond motifs is 1. The Hall–Kier alpha value is -2.64. The molecule has 0 radical (unpaired) electrons. The van der Waals surface area contributed by atoms with Crippen molar-refractivity contribution in [1.29, 1.82) is 5.26 Å². The van der Waals surface area contributed by atoms with E-state index in [1.807, 2.05) is 30.3 Å². The van der Waals surface area contributed by atoms with Crippen LogP contribution in [0.25, 0.3) is 21.9 Å². The van der Waals surface area contributed by atoms with Gasteiger partial charge in [-0.05, 0) is 55.2 Å². The zero-order chi connectivity index (χ0) is 17.1. The van der Waals surface area contributed by atoms with Crippen molar-refractivity contribution in [3.8, 4) is 6.07 Å². The minimum Gasteiger partial charge on any atom is -0.372 e. The first kappa shape index (κ1) is 15.9. The van der Waals surface area contributed by atoms with Gasteiger partial charge in [0.1, 0.15) is 11.1 Å². The van der Waals surface area contributed by atoms with Crippen molar-refractivity contribution < 1.29 is 0 Å². The van der Waals surface area contributed by atoms with Crippen molar-refractivity contribution in [2.24, 2.45) is 0 Å². The average molecular weight is 345 g/mol. The molecule has 3 aromatic rings. The number of piperidine rings is 1. The molecule has 25 heavy (non-hydrogen) atoms. The van der Waals surface area contributed by atoms with Crippen molar-refractivity contribution in [1.82, 2.24) is 4.98 Å². The van der Waals surface area contributed by atoms with Gasteiger partial charge in [-0.1, -0.05) is 24.3 Å². The third-order valence-corrected chi connectivity index (χ3v) is 5.64. The van der Waals surface area contributed by atoms with E-state index >= 15 is 0 Å². The maximum absolute atomic E-state index is 9.56. The van der Waals surface area contributed by atoms with Crippen molar-refractivity contribution in [3.63, 3.8) is 0 Å². The van der Waals surface area contributed by atoms with Gasteiger partial charge in [-0.15, -0.1) is 11.3 Å². The van der Waals surface area contributed by atoms with Crippen LogP contribution in [0, 0.1) is 11.3 Å². The van der Waals surface area contributed by atoms with Gasteiger partial charge in [-0.25, -0.2) is 4.98 Å². The van der Waals surface area contributed by atoms with Crippen LogP contribution in [-0.2, 0) is 0 Å². The van der Waals surface area contributed by atoms with Gasteiger partial charge >= 0.3 is 0 Å². The van der Waals surface area contributed by atoms with Crippen molar-refractivity contribution in [2.45, 2.75) is 19.3 Å². The topological polar surface area (TPSA) is 39.9 Å². The van der Waals surface area contributed by atoms with Gasteiger partial charge in [0.05, 0.1) is 15.8 Å². The molecule has 1 aromatic heterocycles. The van der Waals surface area contributed by atoms with E-state index in [2.05, 4.69) is 40.2 Å². The lowest BCUT2D eigenvalue weighted by atomic mass is 10.1. The second-order valence-electron chi connectivity index (χ2n) is 6.30. The van der Waals surface area contributed by atoms with Gasteiger partial charge in [0.2, 0.25) is 0 Å². The third-order valence-electron chi connectivity index (χ3n) is 4.57. The molecule has 4 rings (SSSR count). The highest BCUT2D eigenvalue weighted by Gasteiger charge is 2.11. The Balaban J connectivity index is 1.60. The van der Waals surface area contributed by atoms with Crippen LogP contribution in [0.3, 0.4) is 0 Å². The van der Waals surface area contributed by atoms with E-state index in [-0.39, 0.29) is 0 Å². The van der Waals surface area contributed by atoms with Gasteiger partial charge < -0.3 is 4.90 Å². The molecule has 0 N–H and O–H groups in total. The van der Waals surface area contributed by atoms with Crippen LogP contribution >= 0.6 is 11.3 Å². The van der Waals surface area contributed by atoms with Crippen LogP contribution in [0.1, 0.15) is 29.8 Å². The summed E-state index contributed by atoms with van der Waals surface area (Å²) in [6, 6.07) is 18.8. The smallest absolute Gasteiger partial charge is 0.135 e. The van der Waals surface area contributed by atoms with Gasteiger partial charge in [0.15, 0.2) is 0 Å². The average Bonchev–Trinajstić information content (AvgIpc) is 3.11. The summed E-state index contributed by atoms with van der Waals surface area (Å²) in [6.07, 6.45) is 5.82. The van der Waals surface area contributed by atoms with Crippen molar-refractivity contribution in [2.75, 3.05) is 18.0 Å². The summed E-state index contributed by atoms with van der Waals surface area (Å²) in [5, 5.41) is 10.3. The van der Waals surface area contributed by atoms with Crippen LogP contribution in [0.4, 0.5) is 5.69 Å². The Morgan fingerprint density at radius 1 is 1.04 bits per heavy atom. The van der Waals surface area contributed by atoms with Crippen molar-refractivity contribution >= 4 is 38.9 Å². The quantitative estimate of drug-likeness (QED) is 0.601. The highest BCUT2D eigenvalue weighted by atomic mass is 32.1. The monoisotopic (exact) mass is 345 g/mol. The van der Waals surface area contributed by atoms with E-state index in [0.717, 1.165) is 33.9 Å². The fourth-order valence-electron chi connectivity index (χ4n) is 3.23. The highest BCUT2D eigenvalue weighted by Crippen LogP contribution is 2.28. The molecule has 1 aliphatic rings. The Bertz CT molecular complexity index is 908. The molecule has 0 unspecified atom stereocenters. The molecule has 0 spiro atoms. The Labute approximate surface area is 151 Å². The number of allylic oxidation sites excluding steroid dienone is 1. The number of hydrogen-bond acceptors (Lipinski definition) is 4. The normalized spacial score (nSPS) is 15.3. The van der Waals surface area contributed by atoms with Crippen LogP contribution in [0.2, 0.25) is 0 Å². The summed E-state index contributed by atoms with van der Waals surface area (Å²) < 4.78 is 1.11. The van der Waals surface area contributed by atoms with Crippen LogP contribution in [0.5, 0.6) is 0 Å². The predicted octanol–water partition coefficient (Wildman–Crippen LogP) is 5.35. The highest BCUT2D eigenvalue weighted by molar-refractivity contribution is 7.19. The van der Waals surface area contributed by atoms with Gasteiger partial charge in [-0.3, -0.25) is 0 Å². The fourth-order valence-corrected chi connectivity index (χ4v) is 4.16. The zero-order valence-corrected chi connectivity index (χ0v) is 14.8. The maximum Gasteiger partial charge on any atom is 0.135 e. The van der Waals surface area contributed by atoms with Crippen LogP contribution in [0.15, 0.2) is 48.5 Å². The predicted molar refractivity (Wildman–Crippen MR) is 106 cm³/mol. The van der Waals surface area contributed by atoms with Gasteiger partial charge in [0.25, 0.3) is 0 Å². The summed E-state index contributed by atoms with van der Waals surface area (Å²) in [5.41, 5.74) is 3.88. The van der Waals surface area contributed by atoms with Crippen molar-refractivity contribution in [3.05, 3.63) is 59.1 Å². The number of thiazole rings is 1.